The molecule has 0 aromatic heterocycles. The van der Waals surface area contributed by atoms with Crippen molar-refractivity contribution in [1.82, 2.24) is 0 Å². The van der Waals surface area contributed by atoms with Crippen LogP contribution in [0.3, 0.4) is 0 Å². The summed E-state index contributed by atoms with van der Waals surface area (Å²) in [4.78, 5) is 0. The summed E-state index contributed by atoms with van der Waals surface area (Å²) in [6.45, 7) is 7.01. The second-order valence-corrected chi connectivity index (χ2v) is 11.4. The predicted octanol–water partition coefficient (Wildman–Crippen LogP) is 13.0. The lowest BCUT2D eigenvalue weighted by molar-refractivity contribution is 0.376. The minimum absolute atomic E-state index is 1.03. The lowest BCUT2D eigenvalue weighted by Crippen LogP contribution is -2.00. The van der Waals surface area contributed by atoms with Crippen molar-refractivity contribution in [2.45, 2.75) is 207 Å². The van der Waals surface area contributed by atoms with Crippen LogP contribution in [-0.4, -0.2) is 0 Å². The van der Waals surface area contributed by atoms with Crippen molar-refractivity contribution in [1.29, 1.82) is 0 Å². The normalized spacial score (nSPS) is 12.5. The number of unbranched alkanes of at least 4 members (excludes halogenated alkanes) is 23. The van der Waals surface area contributed by atoms with Crippen LogP contribution in [0.1, 0.15) is 207 Å². The maximum atomic E-state index is 2.39. The molecule has 0 bridgehead atoms. The van der Waals surface area contributed by atoms with Gasteiger partial charge < -0.3 is 0 Å². The molecule has 0 aromatic rings. The molecule has 0 heteroatoms. The monoisotopic (exact) mass is 465 g/mol. The number of rotatable bonds is 29. The molecule has 1 atom stereocenters. The van der Waals surface area contributed by atoms with Crippen molar-refractivity contribution in [3.8, 4) is 0 Å². The third-order valence-corrected chi connectivity index (χ3v) is 7.88. The van der Waals surface area contributed by atoms with Gasteiger partial charge >= 0.3 is 0 Å². The van der Waals surface area contributed by atoms with Crippen LogP contribution in [0.2, 0.25) is 0 Å². The first-order valence-electron chi connectivity index (χ1n) is 16.3. The van der Waals surface area contributed by atoms with E-state index < -0.39 is 0 Å². The molecular formula is C33H68. The van der Waals surface area contributed by atoms with Gasteiger partial charge in [-0.1, -0.05) is 207 Å². The first kappa shape index (κ1) is 33.0. The highest BCUT2D eigenvalue weighted by molar-refractivity contribution is 4.61. The van der Waals surface area contributed by atoms with E-state index in [1.165, 1.54) is 186 Å². The summed E-state index contributed by atoms with van der Waals surface area (Å²) in [6, 6.07) is 0. The van der Waals surface area contributed by atoms with E-state index in [1.54, 1.807) is 0 Å². The van der Waals surface area contributed by atoms with Gasteiger partial charge in [-0.05, 0) is 5.92 Å². The highest BCUT2D eigenvalue weighted by Crippen LogP contribution is 2.23. The minimum Gasteiger partial charge on any atom is -0.0654 e. The van der Waals surface area contributed by atoms with Crippen molar-refractivity contribution in [2.75, 3.05) is 0 Å². The quantitative estimate of drug-likeness (QED) is 0.0965. The zero-order valence-electron chi connectivity index (χ0n) is 24.1. The third kappa shape index (κ3) is 28.1. The van der Waals surface area contributed by atoms with E-state index in [0.29, 0.717) is 0 Å². The fourth-order valence-electron chi connectivity index (χ4n) is 5.57. The topological polar surface area (TPSA) is 0 Å². The Morgan fingerprint density at radius 3 is 0.727 bits per heavy atom. The van der Waals surface area contributed by atoms with Gasteiger partial charge in [-0.2, -0.15) is 0 Å². The van der Waals surface area contributed by atoms with Crippen LogP contribution in [0.5, 0.6) is 0 Å². The molecule has 0 amide bonds. The summed E-state index contributed by atoms with van der Waals surface area (Å²) in [6.07, 6.45) is 42.8. The van der Waals surface area contributed by atoms with Gasteiger partial charge in [-0.15, -0.1) is 0 Å². The Hall–Kier alpha value is 0. The largest absolute Gasteiger partial charge is 0.0654 e. The van der Waals surface area contributed by atoms with Crippen LogP contribution in [0.4, 0.5) is 0 Å². The molecule has 33 heavy (non-hydrogen) atoms. The molecule has 0 rings (SSSR count). The smallest absolute Gasteiger partial charge is 0.0414 e. The van der Waals surface area contributed by atoms with E-state index in [2.05, 4.69) is 20.8 Å². The maximum absolute atomic E-state index is 2.39. The Bertz CT molecular complexity index is 320. The average Bonchev–Trinajstić information content (AvgIpc) is 2.82. The molecule has 0 N–H and O–H groups in total. The van der Waals surface area contributed by atoms with E-state index in [-0.39, 0.29) is 0 Å². The summed E-state index contributed by atoms with van der Waals surface area (Å²) in [7, 11) is 0. The fraction of sp³-hybridized carbons (Fsp3) is 1.00. The second kappa shape index (κ2) is 30.0. The molecule has 0 aromatic carbocycles. The Morgan fingerprint density at radius 1 is 0.242 bits per heavy atom. The zero-order chi connectivity index (χ0) is 24.1. The Kier molecular flexibility index (Phi) is 30.0. The van der Waals surface area contributed by atoms with E-state index in [4.69, 9.17) is 0 Å². The van der Waals surface area contributed by atoms with Crippen molar-refractivity contribution in [2.24, 2.45) is 5.92 Å². The summed E-state index contributed by atoms with van der Waals surface area (Å²) in [5, 5.41) is 0. The first-order valence-corrected chi connectivity index (χ1v) is 16.3. The molecule has 0 saturated carbocycles. The van der Waals surface area contributed by atoms with Crippen LogP contribution in [0.25, 0.3) is 0 Å². The van der Waals surface area contributed by atoms with Crippen molar-refractivity contribution in [3.63, 3.8) is 0 Å². The number of hydrogen-bond donors (Lipinski definition) is 0. The molecule has 0 aliphatic heterocycles. The van der Waals surface area contributed by atoms with Gasteiger partial charge in [0.2, 0.25) is 0 Å². The fourth-order valence-corrected chi connectivity index (χ4v) is 5.57. The van der Waals surface area contributed by atoms with Gasteiger partial charge in [0.25, 0.3) is 0 Å². The summed E-state index contributed by atoms with van der Waals surface area (Å²) in [5.74, 6) is 1.03. The summed E-state index contributed by atoms with van der Waals surface area (Å²) < 4.78 is 0. The van der Waals surface area contributed by atoms with E-state index in [9.17, 15) is 0 Å². The van der Waals surface area contributed by atoms with Crippen molar-refractivity contribution < 1.29 is 0 Å². The Balaban J connectivity index is 3.37. The average molecular weight is 465 g/mol. The van der Waals surface area contributed by atoms with Gasteiger partial charge in [0.05, 0.1) is 0 Å². The molecule has 200 valence electrons. The molecule has 0 heterocycles. The SMILES string of the molecule is CCCCCCCCCCCCCCCCC(CCC)CCCCCCCCCCCCC. The van der Waals surface area contributed by atoms with E-state index >= 15 is 0 Å². The maximum Gasteiger partial charge on any atom is -0.0414 e. The molecule has 0 saturated heterocycles. The number of hydrogen-bond acceptors (Lipinski definition) is 0. The van der Waals surface area contributed by atoms with Crippen molar-refractivity contribution >= 4 is 0 Å². The van der Waals surface area contributed by atoms with Gasteiger partial charge in [0.15, 0.2) is 0 Å². The van der Waals surface area contributed by atoms with Gasteiger partial charge in [0, 0.05) is 0 Å². The lowest BCUT2D eigenvalue weighted by Gasteiger charge is -2.16. The second-order valence-electron chi connectivity index (χ2n) is 11.4. The molecule has 0 aliphatic carbocycles. The summed E-state index contributed by atoms with van der Waals surface area (Å²) in [5.41, 5.74) is 0. The van der Waals surface area contributed by atoms with E-state index in [1.807, 2.05) is 0 Å². The molecule has 0 spiro atoms. The minimum atomic E-state index is 1.03. The predicted molar refractivity (Wildman–Crippen MR) is 154 cm³/mol. The summed E-state index contributed by atoms with van der Waals surface area (Å²) >= 11 is 0. The molecule has 0 nitrogen and oxygen atoms in total. The molecular weight excluding hydrogens is 396 g/mol. The van der Waals surface area contributed by atoms with Crippen LogP contribution in [0.15, 0.2) is 0 Å². The highest BCUT2D eigenvalue weighted by Gasteiger charge is 2.07. The van der Waals surface area contributed by atoms with Crippen LogP contribution < -0.4 is 0 Å². The highest BCUT2D eigenvalue weighted by atomic mass is 14.1. The van der Waals surface area contributed by atoms with Crippen LogP contribution >= 0.6 is 0 Å². The van der Waals surface area contributed by atoms with Crippen LogP contribution in [0, 0.1) is 5.92 Å². The van der Waals surface area contributed by atoms with Crippen LogP contribution in [-0.2, 0) is 0 Å². The standard InChI is InChI=1S/C33H68/c1-4-7-9-11-13-15-17-18-19-21-23-25-27-29-32-33(30-6-3)31-28-26-24-22-20-16-14-12-10-8-5-2/h33H,4-32H2,1-3H3. The lowest BCUT2D eigenvalue weighted by atomic mass is 9.90. The molecule has 0 aliphatic rings. The Labute approximate surface area is 212 Å². The molecule has 0 fully saturated rings. The van der Waals surface area contributed by atoms with Gasteiger partial charge in [-0.3, -0.25) is 0 Å². The molecule has 0 radical (unpaired) electrons. The van der Waals surface area contributed by atoms with Gasteiger partial charge in [0.1, 0.15) is 0 Å². The molecule has 1 unspecified atom stereocenters. The third-order valence-electron chi connectivity index (χ3n) is 7.88. The van der Waals surface area contributed by atoms with Crippen molar-refractivity contribution in [3.05, 3.63) is 0 Å². The Morgan fingerprint density at radius 2 is 0.485 bits per heavy atom. The zero-order valence-corrected chi connectivity index (χ0v) is 24.1. The first-order chi connectivity index (χ1) is 16.3. The van der Waals surface area contributed by atoms with Gasteiger partial charge in [-0.25, -0.2) is 0 Å². The van der Waals surface area contributed by atoms with E-state index in [0.717, 1.165) is 5.92 Å².